The molecule has 0 atom stereocenters. The lowest BCUT2D eigenvalue weighted by Crippen LogP contribution is -2.02. The third-order valence-electron chi connectivity index (χ3n) is 2.02. The Kier molecular flexibility index (Phi) is 4.16. The Morgan fingerprint density at radius 2 is 1.85 bits per heavy atom. The molecule has 13 heavy (non-hydrogen) atoms. The summed E-state index contributed by atoms with van der Waals surface area (Å²) in [5.74, 6) is 1.48. The van der Waals surface area contributed by atoms with Crippen LogP contribution in [0.2, 0.25) is 0 Å². The molecule has 0 spiro atoms. The number of benzene rings is 1. The fourth-order valence-electron chi connectivity index (χ4n) is 1.19. The minimum absolute atomic E-state index is 0.610. The summed E-state index contributed by atoms with van der Waals surface area (Å²) in [5, 5.41) is 3.28. The van der Waals surface area contributed by atoms with Gasteiger partial charge in [0.25, 0.3) is 0 Å². The van der Waals surface area contributed by atoms with Crippen LogP contribution in [0.3, 0.4) is 0 Å². The monoisotopic (exact) mass is 195 g/mol. The highest BCUT2D eigenvalue weighted by molar-refractivity contribution is 7.80. The van der Waals surface area contributed by atoms with Gasteiger partial charge in [0, 0.05) is 18.0 Å². The molecular weight excluding hydrogens is 178 g/mol. The van der Waals surface area contributed by atoms with Crippen LogP contribution < -0.4 is 5.32 Å². The molecule has 0 saturated heterocycles. The van der Waals surface area contributed by atoms with E-state index in [4.69, 9.17) is 0 Å². The summed E-state index contributed by atoms with van der Waals surface area (Å²) in [6.07, 6.45) is 0. The van der Waals surface area contributed by atoms with Gasteiger partial charge in [-0.3, -0.25) is 0 Å². The second kappa shape index (κ2) is 5.18. The highest BCUT2D eigenvalue weighted by atomic mass is 32.1. The fourth-order valence-corrected chi connectivity index (χ4v) is 1.30. The van der Waals surface area contributed by atoms with Gasteiger partial charge in [-0.2, -0.15) is 12.6 Å². The molecule has 2 heteroatoms. The first-order valence-electron chi connectivity index (χ1n) is 4.68. The van der Waals surface area contributed by atoms with Crippen molar-refractivity contribution in [2.24, 2.45) is 0 Å². The summed E-state index contributed by atoms with van der Waals surface area (Å²) in [6, 6.07) is 8.59. The Labute approximate surface area is 86.0 Å². The van der Waals surface area contributed by atoms with Crippen molar-refractivity contribution in [2.75, 3.05) is 17.6 Å². The van der Waals surface area contributed by atoms with Crippen LogP contribution in [0, 0.1) is 0 Å². The predicted molar refractivity (Wildman–Crippen MR) is 62.9 cm³/mol. The van der Waals surface area contributed by atoms with E-state index in [9.17, 15) is 0 Å². The van der Waals surface area contributed by atoms with Crippen molar-refractivity contribution in [3.05, 3.63) is 29.8 Å². The topological polar surface area (TPSA) is 12.0 Å². The Bertz CT molecular complexity index is 241. The molecule has 0 aromatic heterocycles. The molecule has 0 aliphatic rings. The molecular formula is C11H17NS. The molecule has 0 aliphatic heterocycles. The van der Waals surface area contributed by atoms with Crippen LogP contribution in [0.5, 0.6) is 0 Å². The van der Waals surface area contributed by atoms with Crippen molar-refractivity contribution in [1.29, 1.82) is 0 Å². The Morgan fingerprint density at radius 1 is 1.23 bits per heavy atom. The third-order valence-corrected chi connectivity index (χ3v) is 2.24. The standard InChI is InChI=1S/C11H17NS/c1-9(2)10-3-5-11(6-4-10)12-7-8-13/h3-6,9,12-13H,7-8H2,1-2H3. The number of anilines is 1. The van der Waals surface area contributed by atoms with Crippen molar-refractivity contribution in [3.8, 4) is 0 Å². The SMILES string of the molecule is CC(C)c1ccc(NCCS)cc1. The third kappa shape index (κ3) is 3.31. The lowest BCUT2D eigenvalue weighted by atomic mass is 10.0. The van der Waals surface area contributed by atoms with Gasteiger partial charge in [0.2, 0.25) is 0 Å². The van der Waals surface area contributed by atoms with Gasteiger partial charge in [-0.25, -0.2) is 0 Å². The van der Waals surface area contributed by atoms with Gasteiger partial charge in [-0.05, 0) is 23.6 Å². The van der Waals surface area contributed by atoms with Crippen molar-refractivity contribution < 1.29 is 0 Å². The van der Waals surface area contributed by atoms with E-state index >= 15 is 0 Å². The zero-order valence-electron chi connectivity index (χ0n) is 8.25. The number of rotatable bonds is 4. The van der Waals surface area contributed by atoms with E-state index < -0.39 is 0 Å². The summed E-state index contributed by atoms with van der Waals surface area (Å²) in [5.41, 5.74) is 2.56. The zero-order valence-corrected chi connectivity index (χ0v) is 9.14. The summed E-state index contributed by atoms with van der Waals surface area (Å²) in [7, 11) is 0. The first kappa shape index (κ1) is 10.5. The number of hydrogen-bond donors (Lipinski definition) is 2. The molecule has 0 radical (unpaired) electrons. The molecule has 1 aromatic rings. The summed E-state index contributed by atoms with van der Waals surface area (Å²) in [6.45, 7) is 5.33. The number of nitrogens with one attached hydrogen (secondary N) is 1. The maximum atomic E-state index is 4.14. The van der Waals surface area contributed by atoms with E-state index in [-0.39, 0.29) is 0 Å². The molecule has 0 bridgehead atoms. The highest BCUT2D eigenvalue weighted by Crippen LogP contribution is 2.16. The fraction of sp³-hybridized carbons (Fsp3) is 0.455. The van der Waals surface area contributed by atoms with E-state index in [1.165, 1.54) is 11.3 Å². The van der Waals surface area contributed by atoms with E-state index in [1.54, 1.807) is 0 Å². The molecule has 0 fully saturated rings. The van der Waals surface area contributed by atoms with Gasteiger partial charge in [0.05, 0.1) is 0 Å². The van der Waals surface area contributed by atoms with Gasteiger partial charge < -0.3 is 5.32 Å². The molecule has 1 N–H and O–H groups in total. The lowest BCUT2D eigenvalue weighted by molar-refractivity contribution is 0.867. The number of hydrogen-bond acceptors (Lipinski definition) is 2. The van der Waals surface area contributed by atoms with Crippen molar-refractivity contribution in [3.63, 3.8) is 0 Å². The number of thiol groups is 1. The van der Waals surface area contributed by atoms with Crippen LogP contribution in [0.15, 0.2) is 24.3 Å². The van der Waals surface area contributed by atoms with Crippen molar-refractivity contribution in [2.45, 2.75) is 19.8 Å². The smallest absolute Gasteiger partial charge is 0.0340 e. The van der Waals surface area contributed by atoms with E-state index in [2.05, 4.69) is 56.1 Å². The maximum absolute atomic E-state index is 4.14. The van der Waals surface area contributed by atoms with E-state index in [0.717, 1.165) is 12.3 Å². The largest absolute Gasteiger partial charge is 0.384 e. The first-order chi connectivity index (χ1) is 6.24. The van der Waals surface area contributed by atoms with Crippen LogP contribution in [0.25, 0.3) is 0 Å². The molecule has 0 aliphatic carbocycles. The van der Waals surface area contributed by atoms with Crippen LogP contribution >= 0.6 is 12.6 Å². The first-order valence-corrected chi connectivity index (χ1v) is 5.32. The quantitative estimate of drug-likeness (QED) is 0.703. The van der Waals surface area contributed by atoms with Gasteiger partial charge in [0.1, 0.15) is 0 Å². The highest BCUT2D eigenvalue weighted by Gasteiger charge is 1.97. The van der Waals surface area contributed by atoms with Crippen molar-refractivity contribution in [1.82, 2.24) is 0 Å². The Balaban J connectivity index is 2.59. The van der Waals surface area contributed by atoms with Crippen LogP contribution in [0.4, 0.5) is 5.69 Å². The summed E-state index contributed by atoms with van der Waals surface area (Å²) >= 11 is 4.14. The minimum atomic E-state index is 0.610. The van der Waals surface area contributed by atoms with Gasteiger partial charge in [-0.1, -0.05) is 26.0 Å². The predicted octanol–water partition coefficient (Wildman–Crippen LogP) is 3.15. The summed E-state index contributed by atoms with van der Waals surface area (Å²) < 4.78 is 0. The normalized spacial score (nSPS) is 10.5. The van der Waals surface area contributed by atoms with Crippen LogP contribution in [-0.4, -0.2) is 12.3 Å². The summed E-state index contributed by atoms with van der Waals surface area (Å²) in [4.78, 5) is 0. The van der Waals surface area contributed by atoms with Crippen molar-refractivity contribution >= 4 is 18.3 Å². The second-order valence-electron chi connectivity index (χ2n) is 3.43. The van der Waals surface area contributed by atoms with Gasteiger partial charge in [-0.15, -0.1) is 0 Å². The van der Waals surface area contributed by atoms with Gasteiger partial charge in [0.15, 0.2) is 0 Å². The minimum Gasteiger partial charge on any atom is -0.384 e. The Hall–Kier alpha value is -0.630. The van der Waals surface area contributed by atoms with Crippen LogP contribution in [-0.2, 0) is 0 Å². The average Bonchev–Trinajstić information content (AvgIpc) is 2.15. The molecule has 0 amide bonds. The second-order valence-corrected chi connectivity index (χ2v) is 3.87. The van der Waals surface area contributed by atoms with Gasteiger partial charge >= 0.3 is 0 Å². The average molecular weight is 195 g/mol. The molecule has 1 nitrogen and oxygen atoms in total. The molecule has 72 valence electrons. The van der Waals surface area contributed by atoms with E-state index in [1.807, 2.05) is 0 Å². The zero-order chi connectivity index (χ0) is 9.68. The Morgan fingerprint density at radius 3 is 2.31 bits per heavy atom. The lowest BCUT2D eigenvalue weighted by Gasteiger charge is -2.07. The van der Waals surface area contributed by atoms with Crippen LogP contribution in [0.1, 0.15) is 25.3 Å². The molecule has 0 heterocycles. The van der Waals surface area contributed by atoms with E-state index in [0.29, 0.717) is 5.92 Å². The molecule has 1 rings (SSSR count). The molecule has 1 aromatic carbocycles. The maximum Gasteiger partial charge on any atom is 0.0340 e. The molecule has 0 saturated carbocycles. The molecule has 0 unspecified atom stereocenters.